The fourth-order valence-corrected chi connectivity index (χ4v) is 4.13. The predicted octanol–water partition coefficient (Wildman–Crippen LogP) is 4.43. The average molecular weight is 439 g/mol. The quantitative estimate of drug-likeness (QED) is 0.272. The molecule has 0 fully saturated rings. The summed E-state index contributed by atoms with van der Waals surface area (Å²) in [6.07, 6.45) is 0. The van der Waals surface area contributed by atoms with E-state index in [1.807, 2.05) is 0 Å². The number of thioether (sulfide) groups is 1. The van der Waals surface area contributed by atoms with Crippen molar-refractivity contribution in [2.45, 2.75) is 5.16 Å². The molecule has 1 heterocycles. The van der Waals surface area contributed by atoms with E-state index in [4.69, 9.17) is 11.6 Å². The molecular formula is C22H15ClN2O4S. The molecule has 0 atom stereocenters. The Morgan fingerprint density at radius 3 is 2.53 bits per heavy atom. The lowest BCUT2D eigenvalue weighted by molar-refractivity contribution is 0.102. The van der Waals surface area contributed by atoms with Gasteiger partial charge in [0.2, 0.25) is 0 Å². The van der Waals surface area contributed by atoms with Crippen LogP contribution in [0.15, 0.2) is 76.7 Å². The molecule has 0 radical (unpaired) electrons. The average Bonchev–Trinajstić information content (AvgIpc) is 2.73. The van der Waals surface area contributed by atoms with Crippen LogP contribution < -0.4 is 5.56 Å². The molecule has 0 saturated carbocycles. The predicted molar refractivity (Wildman–Crippen MR) is 117 cm³/mol. The molecule has 0 bridgehead atoms. The molecule has 1 aromatic heterocycles. The molecule has 3 aromatic carbocycles. The van der Waals surface area contributed by atoms with Crippen LogP contribution in [0.25, 0.3) is 16.6 Å². The maximum absolute atomic E-state index is 13.2. The zero-order valence-electron chi connectivity index (χ0n) is 15.4. The Balaban J connectivity index is 1.78. The van der Waals surface area contributed by atoms with E-state index in [0.717, 1.165) is 17.8 Å². The molecule has 0 unspecified atom stereocenters. The molecule has 4 rings (SSSR count). The van der Waals surface area contributed by atoms with Gasteiger partial charge < -0.3 is 10.2 Å². The van der Waals surface area contributed by atoms with Gasteiger partial charge in [0.25, 0.3) is 5.56 Å². The van der Waals surface area contributed by atoms with Crippen LogP contribution in [0.1, 0.15) is 10.4 Å². The molecule has 4 aromatic rings. The Morgan fingerprint density at radius 1 is 1.03 bits per heavy atom. The van der Waals surface area contributed by atoms with Gasteiger partial charge in [-0.15, -0.1) is 0 Å². The molecule has 0 aliphatic rings. The minimum Gasteiger partial charge on any atom is -0.508 e. The number of carbonyl (C=O) groups is 1. The van der Waals surface area contributed by atoms with Crippen LogP contribution in [0.5, 0.6) is 11.5 Å². The molecule has 0 amide bonds. The van der Waals surface area contributed by atoms with E-state index in [9.17, 15) is 19.8 Å². The summed E-state index contributed by atoms with van der Waals surface area (Å²) in [6, 6.07) is 17.6. The Hall–Kier alpha value is -3.29. The number of rotatable bonds is 5. The smallest absolute Gasteiger partial charge is 0.266 e. The van der Waals surface area contributed by atoms with Crippen molar-refractivity contribution >= 4 is 40.0 Å². The van der Waals surface area contributed by atoms with E-state index < -0.39 is 0 Å². The third-order valence-corrected chi connectivity index (χ3v) is 5.71. The first kappa shape index (κ1) is 20.0. The van der Waals surface area contributed by atoms with Crippen LogP contribution in [-0.2, 0) is 0 Å². The summed E-state index contributed by atoms with van der Waals surface area (Å²) in [5.74, 6) is -0.894. The molecule has 0 aliphatic carbocycles. The number of nitrogens with zero attached hydrogens (tertiary/aromatic N) is 2. The SMILES string of the molecule is O=C(CSc1nc2ccccc2c(=O)n1-c1ccccc1Cl)c1ccc(O)cc1O. The first-order valence-corrected chi connectivity index (χ1v) is 10.3. The molecule has 0 spiro atoms. The second kappa shape index (κ2) is 8.22. The van der Waals surface area contributed by atoms with Gasteiger partial charge in [-0.3, -0.25) is 14.2 Å². The first-order valence-electron chi connectivity index (χ1n) is 8.90. The van der Waals surface area contributed by atoms with Gasteiger partial charge in [0.05, 0.1) is 32.9 Å². The first-order chi connectivity index (χ1) is 14.5. The molecule has 0 aliphatic heterocycles. The van der Waals surface area contributed by atoms with Crippen LogP contribution in [0, 0.1) is 0 Å². The van der Waals surface area contributed by atoms with Gasteiger partial charge in [0, 0.05) is 6.07 Å². The van der Waals surface area contributed by atoms with Gasteiger partial charge in [-0.2, -0.15) is 0 Å². The number of Topliss-reactive ketones (excluding diaryl/α,β-unsaturated/α-hetero) is 1. The standard InChI is InChI=1S/C22H15ClN2O4S/c23-16-6-2-4-8-18(16)25-21(29)14-5-1-3-7-17(14)24-22(25)30-12-20(28)15-10-9-13(26)11-19(15)27/h1-11,26-27H,12H2. The number of hydrogen-bond donors (Lipinski definition) is 2. The van der Waals surface area contributed by atoms with E-state index >= 15 is 0 Å². The van der Waals surface area contributed by atoms with Gasteiger partial charge in [0.15, 0.2) is 10.9 Å². The Labute approximate surface area is 180 Å². The van der Waals surface area contributed by atoms with Crippen molar-refractivity contribution in [3.05, 3.63) is 87.7 Å². The number of para-hydroxylation sites is 2. The monoisotopic (exact) mass is 438 g/mol. The highest BCUT2D eigenvalue weighted by atomic mass is 35.5. The lowest BCUT2D eigenvalue weighted by Gasteiger charge is -2.14. The number of halogens is 1. The molecule has 150 valence electrons. The number of hydrogen-bond acceptors (Lipinski definition) is 6. The van der Waals surface area contributed by atoms with E-state index in [0.29, 0.717) is 26.8 Å². The van der Waals surface area contributed by atoms with Crippen molar-refractivity contribution in [1.29, 1.82) is 0 Å². The lowest BCUT2D eigenvalue weighted by Crippen LogP contribution is -2.22. The second-order valence-electron chi connectivity index (χ2n) is 6.42. The molecule has 30 heavy (non-hydrogen) atoms. The highest BCUT2D eigenvalue weighted by Gasteiger charge is 2.18. The molecular weight excluding hydrogens is 424 g/mol. The Kier molecular flexibility index (Phi) is 5.48. The van der Waals surface area contributed by atoms with E-state index in [2.05, 4.69) is 4.98 Å². The van der Waals surface area contributed by atoms with Gasteiger partial charge in [0.1, 0.15) is 11.5 Å². The summed E-state index contributed by atoms with van der Waals surface area (Å²) in [5, 5.41) is 20.5. The summed E-state index contributed by atoms with van der Waals surface area (Å²) in [7, 11) is 0. The summed E-state index contributed by atoms with van der Waals surface area (Å²) < 4.78 is 1.39. The number of phenolic OH excluding ortho intramolecular Hbond substituents is 2. The van der Waals surface area contributed by atoms with Gasteiger partial charge in [-0.05, 0) is 36.4 Å². The molecule has 8 heteroatoms. The minimum atomic E-state index is -0.370. The highest BCUT2D eigenvalue weighted by molar-refractivity contribution is 7.99. The van der Waals surface area contributed by atoms with Crippen molar-refractivity contribution in [1.82, 2.24) is 9.55 Å². The number of aromatic nitrogens is 2. The second-order valence-corrected chi connectivity index (χ2v) is 7.77. The van der Waals surface area contributed by atoms with Crippen LogP contribution in [-0.4, -0.2) is 31.3 Å². The zero-order valence-corrected chi connectivity index (χ0v) is 17.0. The van der Waals surface area contributed by atoms with Crippen molar-refractivity contribution in [2.75, 3.05) is 5.75 Å². The minimum absolute atomic E-state index is 0.0758. The number of carbonyl (C=O) groups excluding carboxylic acids is 1. The molecule has 0 saturated heterocycles. The number of phenols is 2. The van der Waals surface area contributed by atoms with Gasteiger partial charge >= 0.3 is 0 Å². The third kappa shape index (κ3) is 3.77. The van der Waals surface area contributed by atoms with Crippen molar-refractivity contribution in [2.24, 2.45) is 0 Å². The maximum Gasteiger partial charge on any atom is 0.266 e. The topological polar surface area (TPSA) is 92.4 Å². The fourth-order valence-electron chi connectivity index (χ4n) is 3.02. The van der Waals surface area contributed by atoms with Crippen LogP contribution >= 0.6 is 23.4 Å². The highest BCUT2D eigenvalue weighted by Crippen LogP contribution is 2.28. The van der Waals surface area contributed by atoms with E-state index in [1.165, 1.54) is 16.7 Å². The fraction of sp³-hybridized carbons (Fsp3) is 0.0455. The maximum atomic E-state index is 13.2. The van der Waals surface area contributed by atoms with E-state index in [1.54, 1.807) is 48.5 Å². The van der Waals surface area contributed by atoms with Gasteiger partial charge in [-0.1, -0.05) is 47.6 Å². The third-order valence-electron chi connectivity index (χ3n) is 4.45. The summed E-state index contributed by atoms with van der Waals surface area (Å²) >= 11 is 7.39. The number of aromatic hydroxyl groups is 2. The largest absolute Gasteiger partial charge is 0.508 e. The summed E-state index contributed by atoms with van der Waals surface area (Å²) in [6.45, 7) is 0. The molecule has 6 nitrogen and oxygen atoms in total. The Morgan fingerprint density at radius 2 is 1.77 bits per heavy atom. The molecule has 2 N–H and O–H groups in total. The lowest BCUT2D eigenvalue weighted by atomic mass is 10.1. The normalized spacial score (nSPS) is 11.0. The van der Waals surface area contributed by atoms with Crippen molar-refractivity contribution < 1.29 is 15.0 Å². The van der Waals surface area contributed by atoms with Crippen LogP contribution in [0.2, 0.25) is 5.02 Å². The van der Waals surface area contributed by atoms with E-state index in [-0.39, 0.29) is 34.2 Å². The summed E-state index contributed by atoms with van der Waals surface area (Å²) in [4.78, 5) is 30.4. The van der Waals surface area contributed by atoms with Crippen molar-refractivity contribution in [3.63, 3.8) is 0 Å². The zero-order chi connectivity index (χ0) is 21.3. The number of ketones is 1. The van der Waals surface area contributed by atoms with Gasteiger partial charge in [-0.25, -0.2) is 4.98 Å². The Bertz CT molecular complexity index is 1340. The number of fused-ring (bicyclic) bond motifs is 1. The summed E-state index contributed by atoms with van der Waals surface area (Å²) in [5.41, 5.74) is 0.752. The number of benzene rings is 3. The van der Waals surface area contributed by atoms with Crippen LogP contribution in [0.4, 0.5) is 0 Å². The van der Waals surface area contributed by atoms with Crippen LogP contribution in [0.3, 0.4) is 0 Å². The van der Waals surface area contributed by atoms with Crippen molar-refractivity contribution in [3.8, 4) is 17.2 Å².